The van der Waals surface area contributed by atoms with Crippen molar-refractivity contribution < 1.29 is 9.18 Å². The lowest BCUT2D eigenvalue weighted by Gasteiger charge is -2.47. The Morgan fingerprint density at radius 1 is 1.42 bits per heavy atom. The minimum Gasteiger partial charge on any atom is -0.302 e. The van der Waals surface area contributed by atoms with E-state index in [0.717, 1.165) is 45.6 Å². The van der Waals surface area contributed by atoms with E-state index < -0.39 is 5.82 Å². The number of nitrogens with zero attached hydrogens (tertiary/aromatic N) is 3. The van der Waals surface area contributed by atoms with Crippen molar-refractivity contribution in [2.45, 2.75) is 25.8 Å². The maximum absolute atomic E-state index is 13.5. The Hall–Kier alpha value is -1.28. The molecule has 0 radical (unpaired) electrons. The molecule has 26 heavy (non-hydrogen) atoms. The number of anilines is 1. The molecule has 1 amide bonds. The number of carbonyl (C=O) groups excluding carboxylic acids is 1. The molecule has 140 valence electrons. The lowest BCUT2D eigenvalue weighted by molar-refractivity contribution is -0.122. The highest BCUT2D eigenvalue weighted by molar-refractivity contribution is 7.22. The van der Waals surface area contributed by atoms with Crippen LogP contribution in [0, 0.1) is 11.7 Å². The molecular weight excluding hydrogens is 375 g/mol. The number of halogens is 2. The van der Waals surface area contributed by atoms with Crippen LogP contribution in [0.4, 0.5) is 9.52 Å². The standard InChI is InChI=1S/C18H22ClFN4OS/c1-2-23-9-13(10-23)24-5-3-4-11(8-24)17(25)22-18-21-16-14(19)6-12(20)7-15(16)26-18/h6-7,11,13H,2-5,8-10H2,1H3,(H,21,22,25). The summed E-state index contributed by atoms with van der Waals surface area (Å²) in [6.07, 6.45) is 1.93. The SMILES string of the molecule is CCN1CC(N2CCCC(C(=O)Nc3nc4c(Cl)cc(F)cc4s3)C2)C1. The maximum Gasteiger partial charge on any atom is 0.230 e. The number of likely N-dealkylation sites (tertiary alicyclic amines) is 2. The predicted molar refractivity (Wildman–Crippen MR) is 103 cm³/mol. The second kappa shape index (κ2) is 7.38. The van der Waals surface area contributed by atoms with Gasteiger partial charge in [0.05, 0.1) is 15.6 Å². The smallest absolute Gasteiger partial charge is 0.230 e. The quantitative estimate of drug-likeness (QED) is 0.860. The number of hydrogen-bond acceptors (Lipinski definition) is 5. The highest BCUT2D eigenvalue weighted by atomic mass is 35.5. The number of fused-ring (bicyclic) bond motifs is 1. The normalized spacial score (nSPS) is 22.5. The molecule has 2 aliphatic heterocycles. The number of benzene rings is 1. The lowest BCUT2D eigenvalue weighted by Crippen LogP contribution is -2.61. The summed E-state index contributed by atoms with van der Waals surface area (Å²) in [5.41, 5.74) is 0.535. The van der Waals surface area contributed by atoms with Gasteiger partial charge in [0.1, 0.15) is 11.3 Å². The average molecular weight is 397 g/mol. The van der Waals surface area contributed by atoms with Crippen LogP contribution in [0.15, 0.2) is 12.1 Å². The molecule has 2 aromatic rings. The third kappa shape index (κ3) is 3.58. The number of aromatic nitrogens is 1. The van der Waals surface area contributed by atoms with Gasteiger partial charge in [0, 0.05) is 25.7 Å². The molecule has 1 aromatic carbocycles. The van der Waals surface area contributed by atoms with Crippen molar-refractivity contribution in [3.8, 4) is 0 Å². The molecule has 2 aliphatic rings. The molecular formula is C18H22ClFN4OS. The summed E-state index contributed by atoms with van der Waals surface area (Å²) in [6, 6.07) is 3.22. The van der Waals surface area contributed by atoms with Gasteiger partial charge in [0.2, 0.25) is 5.91 Å². The van der Waals surface area contributed by atoms with Crippen LogP contribution < -0.4 is 5.32 Å². The molecule has 1 unspecified atom stereocenters. The van der Waals surface area contributed by atoms with Gasteiger partial charge in [-0.3, -0.25) is 9.69 Å². The molecule has 0 saturated carbocycles. The third-order valence-electron chi connectivity index (χ3n) is 5.37. The Morgan fingerprint density at radius 3 is 3.00 bits per heavy atom. The Balaban J connectivity index is 1.40. The third-order valence-corrected chi connectivity index (χ3v) is 6.57. The predicted octanol–water partition coefficient (Wildman–Crippen LogP) is 3.44. The first-order valence-corrected chi connectivity index (χ1v) is 10.3. The molecule has 1 aromatic heterocycles. The molecule has 0 spiro atoms. The van der Waals surface area contributed by atoms with Gasteiger partial charge in [0.25, 0.3) is 0 Å². The first-order chi connectivity index (χ1) is 12.5. The Labute approximate surface area is 161 Å². The van der Waals surface area contributed by atoms with E-state index in [2.05, 4.69) is 27.0 Å². The summed E-state index contributed by atoms with van der Waals surface area (Å²) < 4.78 is 14.1. The summed E-state index contributed by atoms with van der Waals surface area (Å²) in [7, 11) is 0. The van der Waals surface area contributed by atoms with Crippen molar-refractivity contribution in [2.24, 2.45) is 5.92 Å². The molecule has 1 N–H and O–H groups in total. The average Bonchev–Trinajstić information content (AvgIpc) is 2.97. The zero-order valence-electron chi connectivity index (χ0n) is 14.7. The van der Waals surface area contributed by atoms with Crippen LogP contribution in [0.5, 0.6) is 0 Å². The van der Waals surface area contributed by atoms with Crippen LogP contribution in [0.1, 0.15) is 19.8 Å². The maximum atomic E-state index is 13.5. The Bertz CT molecular complexity index is 823. The largest absolute Gasteiger partial charge is 0.302 e. The summed E-state index contributed by atoms with van der Waals surface area (Å²) in [5, 5.41) is 3.66. The summed E-state index contributed by atoms with van der Waals surface area (Å²) >= 11 is 7.30. The zero-order valence-corrected chi connectivity index (χ0v) is 16.2. The van der Waals surface area contributed by atoms with E-state index >= 15 is 0 Å². The van der Waals surface area contributed by atoms with Crippen LogP contribution in [-0.2, 0) is 4.79 Å². The van der Waals surface area contributed by atoms with Crippen molar-refractivity contribution >= 4 is 44.2 Å². The first kappa shape index (κ1) is 18.1. The van der Waals surface area contributed by atoms with E-state index in [0.29, 0.717) is 21.4 Å². The number of hydrogen-bond donors (Lipinski definition) is 1. The van der Waals surface area contributed by atoms with Crippen LogP contribution >= 0.6 is 22.9 Å². The summed E-state index contributed by atoms with van der Waals surface area (Å²) in [6.45, 7) is 7.35. The van der Waals surface area contributed by atoms with E-state index in [4.69, 9.17) is 11.6 Å². The van der Waals surface area contributed by atoms with Crippen molar-refractivity contribution in [3.05, 3.63) is 23.0 Å². The number of nitrogens with one attached hydrogen (secondary N) is 1. The van der Waals surface area contributed by atoms with E-state index in [9.17, 15) is 9.18 Å². The lowest BCUT2D eigenvalue weighted by atomic mass is 9.94. The van der Waals surface area contributed by atoms with Gasteiger partial charge in [-0.2, -0.15) is 0 Å². The van der Waals surface area contributed by atoms with Gasteiger partial charge < -0.3 is 10.2 Å². The molecule has 8 heteroatoms. The van der Waals surface area contributed by atoms with Crippen LogP contribution in [0.25, 0.3) is 10.2 Å². The van der Waals surface area contributed by atoms with Gasteiger partial charge in [-0.1, -0.05) is 29.9 Å². The topological polar surface area (TPSA) is 48.5 Å². The molecule has 2 saturated heterocycles. The summed E-state index contributed by atoms with van der Waals surface area (Å²) in [4.78, 5) is 21.9. The van der Waals surface area contributed by atoms with Gasteiger partial charge in [-0.25, -0.2) is 9.37 Å². The van der Waals surface area contributed by atoms with Crippen molar-refractivity contribution in [1.82, 2.24) is 14.8 Å². The summed E-state index contributed by atoms with van der Waals surface area (Å²) in [5.74, 6) is -0.427. The number of likely N-dealkylation sites (N-methyl/N-ethyl adjacent to an activating group) is 1. The minimum absolute atomic E-state index is 0.00276. The van der Waals surface area contributed by atoms with Gasteiger partial charge >= 0.3 is 0 Å². The monoisotopic (exact) mass is 396 g/mol. The van der Waals surface area contributed by atoms with E-state index in [-0.39, 0.29) is 16.8 Å². The van der Waals surface area contributed by atoms with Crippen LogP contribution in [0.2, 0.25) is 5.02 Å². The Morgan fingerprint density at radius 2 is 2.23 bits per heavy atom. The van der Waals surface area contributed by atoms with Crippen molar-refractivity contribution in [1.29, 1.82) is 0 Å². The molecule has 3 heterocycles. The Kier molecular flexibility index (Phi) is 5.14. The fourth-order valence-corrected chi connectivity index (χ4v) is 5.03. The first-order valence-electron chi connectivity index (χ1n) is 9.06. The highest BCUT2D eigenvalue weighted by Crippen LogP contribution is 2.32. The number of thiazole rings is 1. The fraction of sp³-hybridized carbons (Fsp3) is 0.556. The number of amides is 1. The van der Waals surface area contributed by atoms with Crippen molar-refractivity contribution in [3.63, 3.8) is 0 Å². The van der Waals surface area contributed by atoms with Crippen molar-refractivity contribution in [2.75, 3.05) is 38.0 Å². The molecule has 0 aliphatic carbocycles. The second-order valence-electron chi connectivity index (χ2n) is 7.08. The van der Waals surface area contributed by atoms with E-state index in [1.807, 2.05) is 0 Å². The van der Waals surface area contributed by atoms with Crippen LogP contribution in [0.3, 0.4) is 0 Å². The van der Waals surface area contributed by atoms with Gasteiger partial charge in [-0.15, -0.1) is 0 Å². The van der Waals surface area contributed by atoms with Gasteiger partial charge in [-0.05, 0) is 38.1 Å². The number of rotatable bonds is 4. The molecule has 1 atom stereocenters. The van der Waals surface area contributed by atoms with Gasteiger partial charge in [0.15, 0.2) is 5.13 Å². The molecule has 5 nitrogen and oxygen atoms in total. The minimum atomic E-state index is -0.395. The van der Waals surface area contributed by atoms with E-state index in [1.165, 1.54) is 23.5 Å². The number of piperidine rings is 1. The zero-order chi connectivity index (χ0) is 18.3. The van der Waals surface area contributed by atoms with Crippen LogP contribution in [-0.4, -0.2) is 59.5 Å². The molecule has 0 bridgehead atoms. The second-order valence-corrected chi connectivity index (χ2v) is 8.52. The van der Waals surface area contributed by atoms with E-state index in [1.54, 1.807) is 0 Å². The molecule has 4 rings (SSSR count). The highest BCUT2D eigenvalue weighted by Gasteiger charge is 2.35. The fourth-order valence-electron chi connectivity index (χ4n) is 3.80. The molecule has 2 fully saturated rings. The number of carbonyl (C=O) groups is 1.